The number of hydrogen-bond acceptors (Lipinski definition) is 3. The fourth-order valence-electron chi connectivity index (χ4n) is 2.06. The molecular formula is C16H19N3O3. The van der Waals surface area contributed by atoms with Gasteiger partial charge in [0.1, 0.15) is 0 Å². The van der Waals surface area contributed by atoms with Gasteiger partial charge < -0.3 is 16.0 Å². The number of carbonyl (C=O) groups excluding carboxylic acids is 3. The van der Waals surface area contributed by atoms with E-state index in [0.717, 1.165) is 25.7 Å². The highest BCUT2D eigenvalue weighted by molar-refractivity contribution is 5.98. The SMILES string of the molecule is O=C(CNC(=O)c1ccc(NC(=O)C2CC2)cc1)NC1CC1. The van der Waals surface area contributed by atoms with Gasteiger partial charge in [0.2, 0.25) is 11.8 Å². The minimum atomic E-state index is -0.300. The first kappa shape index (κ1) is 14.6. The van der Waals surface area contributed by atoms with Crippen molar-refractivity contribution in [2.75, 3.05) is 11.9 Å². The molecule has 0 radical (unpaired) electrons. The minimum absolute atomic E-state index is 0.0184. The predicted molar refractivity (Wildman–Crippen MR) is 81.3 cm³/mol. The largest absolute Gasteiger partial charge is 0.352 e. The fourth-order valence-corrected chi connectivity index (χ4v) is 2.06. The van der Waals surface area contributed by atoms with Crippen molar-refractivity contribution in [2.24, 2.45) is 5.92 Å². The second-order valence-electron chi connectivity index (χ2n) is 5.87. The van der Waals surface area contributed by atoms with Gasteiger partial charge in [-0.05, 0) is 49.9 Å². The number of carbonyl (C=O) groups is 3. The van der Waals surface area contributed by atoms with Crippen molar-refractivity contribution in [3.05, 3.63) is 29.8 Å². The van der Waals surface area contributed by atoms with Crippen molar-refractivity contribution in [1.82, 2.24) is 10.6 Å². The molecule has 116 valence electrons. The zero-order chi connectivity index (χ0) is 15.5. The van der Waals surface area contributed by atoms with Crippen LogP contribution in [0.2, 0.25) is 0 Å². The van der Waals surface area contributed by atoms with Crippen molar-refractivity contribution in [3.63, 3.8) is 0 Å². The Morgan fingerprint density at radius 1 is 1.00 bits per heavy atom. The molecule has 0 spiro atoms. The fraction of sp³-hybridized carbons (Fsp3) is 0.438. The van der Waals surface area contributed by atoms with Crippen LogP contribution in [0.5, 0.6) is 0 Å². The molecule has 0 heterocycles. The van der Waals surface area contributed by atoms with E-state index in [1.165, 1.54) is 0 Å². The van der Waals surface area contributed by atoms with Crippen LogP contribution in [0, 0.1) is 5.92 Å². The van der Waals surface area contributed by atoms with E-state index in [0.29, 0.717) is 17.3 Å². The molecule has 0 aromatic heterocycles. The van der Waals surface area contributed by atoms with Gasteiger partial charge in [-0.3, -0.25) is 14.4 Å². The molecule has 3 rings (SSSR count). The van der Waals surface area contributed by atoms with Crippen molar-refractivity contribution < 1.29 is 14.4 Å². The smallest absolute Gasteiger partial charge is 0.251 e. The summed E-state index contributed by atoms with van der Waals surface area (Å²) in [5, 5.41) is 8.20. The maximum absolute atomic E-state index is 11.9. The Morgan fingerprint density at radius 2 is 1.68 bits per heavy atom. The van der Waals surface area contributed by atoms with Crippen LogP contribution in [-0.4, -0.2) is 30.3 Å². The molecule has 6 nitrogen and oxygen atoms in total. The van der Waals surface area contributed by atoms with E-state index in [2.05, 4.69) is 16.0 Å². The van der Waals surface area contributed by atoms with Gasteiger partial charge in [-0.1, -0.05) is 0 Å². The van der Waals surface area contributed by atoms with Crippen LogP contribution in [0.25, 0.3) is 0 Å². The Morgan fingerprint density at radius 3 is 2.27 bits per heavy atom. The maximum Gasteiger partial charge on any atom is 0.251 e. The number of hydrogen-bond donors (Lipinski definition) is 3. The first-order valence-corrected chi connectivity index (χ1v) is 7.60. The summed E-state index contributed by atoms with van der Waals surface area (Å²) in [7, 11) is 0. The Bertz CT molecular complexity index is 589. The molecule has 2 aliphatic carbocycles. The van der Waals surface area contributed by atoms with Gasteiger partial charge in [0.15, 0.2) is 0 Å². The van der Waals surface area contributed by atoms with Crippen LogP contribution in [0.4, 0.5) is 5.69 Å². The lowest BCUT2D eigenvalue weighted by atomic mass is 10.2. The molecule has 0 atom stereocenters. The van der Waals surface area contributed by atoms with Gasteiger partial charge in [0, 0.05) is 23.2 Å². The summed E-state index contributed by atoms with van der Waals surface area (Å²) < 4.78 is 0. The van der Waals surface area contributed by atoms with E-state index >= 15 is 0 Å². The molecule has 2 saturated carbocycles. The van der Waals surface area contributed by atoms with Crippen LogP contribution in [0.1, 0.15) is 36.0 Å². The summed E-state index contributed by atoms with van der Waals surface area (Å²) in [6.07, 6.45) is 3.95. The van der Waals surface area contributed by atoms with E-state index in [1.807, 2.05) is 0 Å². The average Bonchev–Trinajstić information content (AvgIpc) is 3.37. The lowest BCUT2D eigenvalue weighted by Gasteiger charge is -2.07. The first-order valence-electron chi connectivity index (χ1n) is 7.60. The van der Waals surface area contributed by atoms with Crippen LogP contribution >= 0.6 is 0 Å². The summed E-state index contributed by atoms with van der Waals surface area (Å²) in [6.45, 7) is -0.0184. The quantitative estimate of drug-likeness (QED) is 0.734. The molecule has 0 aliphatic heterocycles. The molecule has 1 aromatic carbocycles. The summed E-state index contributed by atoms with van der Waals surface area (Å²) in [4.78, 5) is 35.1. The molecule has 2 fully saturated rings. The van der Waals surface area contributed by atoms with Gasteiger partial charge >= 0.3 is 0 Å². The monoisotopic (exact) mass is 301 g/mol. The summed E-state index contributed by atoms with van der Waals surface area (Å²) >= 11 is 0. The second-order valence-corrected chi connectivity index (χ2v) is 5.87. The standard InChI is InChI=1S/C16H19N3O3/c20-14(18-12-7-8-12)9-17-15(21)10-3-5-13(6-4-10)19-16(22)11-1-2-11/h3-6,11-12H,1-2,7-9H2,(H,17,21)(H,18,20)(H,19,22). The third kappa shape index (κ3) is 4.07. The number of benzene rings is 1. The van der Waals surface area contributed by atoms with Crippen molar-refractivity contribution in [2.45, 2.75) is 31.7 Å². The number of nitrogens with one attached hydrogen (secondary N) is 3. The third-order valence-electron chi connectivity index (χ3n) is 3.71. The molecule has 0 saturated heterocycles. The highest BCUT2D eigenvalue weighted by Gasteiger charge is 2.29. The van der Waals surface area contributed by atoms with Crippen molar-refractivity contribution >= 4 is 23.4 Å². The zero-order valence-electron chi connectivity index (χ0n) is 12.2. The van der Waals surface area contributed by atoms with E-state index in [-0.39, 0.29) is 30.2 Å². The molecule has 6 heteroatoms. The first-order chi connectivity index (χ1) is 10.6. The highest BCUT2D eigenvalue weighted by Crippen LogP contribution is 2.30. The average molecular weight is 301 g/mol. The summed E-state index contributed by atoms with van der Waals surface area (Å²) in [5.41, 5.74) is 1.14. The van der Waals surface area contributed by atoms with Gasteiger partial charge in [-0.15, -0.1) is 0 Å². The number of anilines is 1. The lowest BCUT2D eigenvalue weighted by Crippen LogP contribution is -2.37. The number of amides is 3. The maximum atomic E-state index is 11.9. The van der Waals surface area contributed by atoms with E-state index in [1.54, 1.807) is 24.3 Å². The zero-order valence-corrected chi connectivity index (χ0v) is 12.2. The van der Waals surface area contributed by atoms with Gasteiger partial charge in [-0.2, -0.15) is 0 Å². The molecule has 0 bridgehead atoms. The van der Waals surface area contributed by atoms with Crippen LogP contribution in [-0.2, 0) is 9.59 Å². The number of rotatable bonds is 6. The van der Waals surface area contributed by atoms with Crippen LogP contribution in [0.15, 0.2) is 24.3 Å². The minimum Gasteiger partial charge on any atom is -0.352 e. The summed E-state index contributed by atoms with van der Waals surface area (Å²) in [5.74, 6) is -0.280. The molecule has 22 heavy (non-hydrogen) atoms. The topological polar surface area (TPSA) is 87.3 Å². The van der Waals surface area contributed by atoms with E-state index in [9.17, 15) is 14.4 Å². The molecule has 1 aromatic rings. The van der Waals surface area contributed by atoms with Gasteiger partial charge in [0.25, 0.3) is 5.91 Å². The van der Waals surface area contributed by atoms with E-state index in [4.69, 9.17) is 0 Å². The highest BCUT2D eigenvalue weighted by atomic mass is 16.2. The molecule has 2 aliphatic rings. The van der Waals surface area contributed by atoms with Crippen LogP contribution in [0.3, 0.4) is 0 Å². The Labute approximate surface area is 128 Å². The molecule has 0 unspecified atom stereocenters. The normalized spacial score (nSPS) is 16.7. The predicted octanol–water partition coefficient (Wildman–Crippen LogP) is 1.04. The second kappa shape index (κ2) is 6.17. The van der Waals surface area contributed by atoms with Crippen molar-refractivity contribution in [3.8, 4) is 0 Å². The summed E-state index contributed by atoms with van der Waals surface area (Å²) in [6, 6.07) is 6.95. The van der Waals surface area contributed by atoms with Crippen molar-refractivity contribution in [1.29, 1.82) is 0 Å². The third-order valence-corrected chi connectivity index (χ3v) is 3.71. The lowest BCUT2D eigenvalue weighted by molar-refractivity contribution is -0.120. The van der Waals surface area contributed by atoms with Crippen LogP contribution < -0.4 is 16.0 Å². The molecular weight excluding hydrogens is 282 g/mol. The van der Waals surface area contributed by atoms with Gasteiger partial charge in [-0.25, -0.2) is 0 Å². The Kier molecular flexibility index (Phi) is 4.09. The molecule has 3 N–H and O–H groups in total. The Balaban J connectivity index is 1.47. The molecule has 3 amide bonds. The van der Waals surface area contributed by atoms with E-state index < -0.39 is 0 Å². The Hall–Kier alpha value is -2.37. The van der Waals surface area contributed by atoms with Gasteiger partial charge in [0.05, 0.1) is 6.54 Å².